The zero-order valence-electron chi connectivity index (χ0n) is 37.0. The number of hydrogen-bond acceptors (Lipinski definition) is 12. The minimum absolute atomic E-state index is 0.0216. The number of rotatable bonds is 8. The number of allylic oxidation sites excluding steroid dienone is 4. The summed E-state index contributed by atoms with van der Waals surface area (Å²) in [6.45, 7) is 13.5. The molecule has 3 heterocycles. The van der Waals surface area contributed by atoms with Crippen molar-refractivity contribution >= 4 is 23.4 Å². The van der Waals surface area contributed by atoms with E-state index in [9.17, 15) is 34.5 Å². The number of piperidine rings is 1. The summed E-state index contributed by atoms with van der Waals surface area (Å²) in [6.07, 6.45) is 7.35. The van der Waals surface area contributed by atoms with Crippen LogP contribution in [0, 0.1) is 29.6 Å². The Hall–Kier alpha value is -2.78. The SMILES string of the molecule is C/C=C/COC1CC(C=C(C)C2OC(=O)C3CCCCN3C(=O)C(=O)C3(O)OC(C(OC)CC(C)CC(C)=CC(CC)C(=O)CC(O)C2C)C(OC)CC3C)CCC1O. The van der Waals surface area contributed by atoms with Crippen LogP contribution >= 0.6 is 0 Å². The Morgan fingerprint density at radius 3 is 2.31 bits per heavy atom. The molecule has 3 aliphatic heterocycles. The summed E-state index contributed by atoms with van der Waals surface area (Å²) in [5, 5.41) is 34.5. The van der Waals surface area contributed by atoms with Crippen LogP contribution < -0.4 is 0 Å². The van der Waals surface area contributed by atoms with Gasteiger partial charge in [-0.1, -0.05) is 57.6 Å². The molecule has 2 saturated heterocycles. The molecule has 59 heavy (non-hydrogen) atoms. The maximum Gasteiger partial charge on any atom is 0.329 e. The van der Waals surface area contributed by atoms with Crippen LogP contribution in [0.5, 0.6) is 0 Å². The standard InChI is InChI=1S/C46H73NO12/c1-10-12-19-57-38-25-32(16-17-35(38)48)23-29(5)41-31(7)36(49)26-37(50)33(11-2)21-27(3)20-28(4)22-39(55-8)42-40(56-9)24-30(6)46(54,59-42)43(51)44(52)47-18-14-13-15-34(47)45(53)58-41/h10,12,21,23,28,30-36,38-42,48-49,54H,11,13-20,22,24-26H2,1-9H3/b12-10+,27-21?,29-23?. The van der Waals surface area contributed by atoms with E-state index in [1.165, 1.54) is 19.1 Å². The Balaban J connectivity index is 1.75. The molecule has 4 rings (SSSR count). The average molecular weight is 832 g/mol. The largest absolute Gasteiger partial charge is 0.456 e. The lowest BCUT2D eigenvalue weighted by molar-refractivity contribution is -0.302. The third kappa shape index (κ3) is 12.2. The highest BCUT2D eigenvalue weighted by molar-refractivity contribution is 6.39. The Morgan fingerprint density at radius 1 is 0.949 bits per heavy atom. The van der Waals surface area contributed by atoms with Crippen molar-refractivity contribution in [3.05, 3.63) is 35.5 Å². The highest BCUT2D eigenvalue weighted by Gasteiger charge is 2.56. The molecule has 3 N–H and O–H groups in total. The lowest BCUT2D eigenvalue weighted by Crippen LogP contribution is -2.64. The van der Waals surface area contributed by atoms with E-state index in [1.807, 2.05) is 52.0 Å². The molecule has 0 aromatic heterocycles. The van der Waals surface area contributed by atoms with Crippen LogP contribution in [-0.4, -0.2) is 126 Å². The van der Waals surface area contributed by atoms with E-state index < -0.39 is 83.9 Å². The predicted octanol–water partition coefficient (Wildman–Crippen LogP) is 5.42. The van der Waals surface area contributed by atoms with Gasteiger partial charge in [-0.2, -0.15) is 0 Å². The van der Waals surface area contributed by atoms with E-state index in [-0.39, 0.29) is 49.5 Å². The fourth-order valence-corrected chi connectivity index (χ4v) is 9.59. The summed E-state index contributed by atoms with van der Waals surface area (Å²) >= 11 is 0. The Bertz CT molecular complexity index is 1530. The van der Waals surface area contributed by atoms with Crippen molar-refractivity contribution in [1.82, 2.24) is 4.90 Å². The number of Topliss-reactive ketones (excluding diaryl/α,β-unsaturated/α-hetero) is 2. The summed E-state index contributed by atoms with van der Waals surface area (Å²) in [4.78, 5) is 57.9. The van der Waals surface area contributed by atoms with Crippen molar-refractivity contribution in [2.45, 2.75) is 174 Å². The summed E-state index contributed by atoms with van der Waals surface area (Å²) in [5.41, 5.74) is 1.66. The first kappa shape index (κ1) is 48.9. The van der Waals surface area contributed by atoms with Crippen LogP contribution in [0.3, 0.4) is 0 Å². The van der Waals surface area contributed by atoms with Crippen molar-refractivity contribution in [1.29, 1.82) is 0 Å². The predicted molar refractivity (Wildman–Crippen MR) is 222 cm³/mol. The number of esters is 1. The average Bonchev–Trinajstić information content (AvgIpc) is 3.21. The second-order valence-electron chi connectivity index (χ2n) is 17.8. The smallest absolute Gasteiger partial charge is 0.329 e. The van der Waals surface area contributed by atoms with Crippen molar-refractivity contribution in [3.8, 4) is 0 Å². The number of nitrogens with zero attached hydrogens (tertiary/aromatic N) is 1. The molecule has 1 amide bonds. The molecule has 14 atom stereocenters. The number of aliphatic hydroxyl groups is 3. The minimum Gasteiger partial charge on any atom is -0.456 e. The lowest BCUT2D eigenvalue weighted by Gasteiger charge is -2.47. The van der Waals surface area contributed by atoms with Gasteiger partial charge in [0.05, 0.1) is 37.1 Å². The molecular formula is C46H73NO12. The molecule has 13 heteroatoms. The minimum atomic E-state index is -2.51. The van der Waals surface area contributed by atoms with E-state index in [4.69, 9.17) is 23.7 Å². The van der Waals surface area contributed by atoms with Crippen LogP contribution in [0.2, 0.25) is 0 Å². The first-order valence-electron chi connectivity index (χ1n) is 22.0. The van der Waals surface area contributed by atoms with Gasteiger partial charge in [-0.3, -0.25) is 14.4 Å². The molecule has 13 nitrogen and oxygen atoms in total. The van der Waals surface area contributed by atoms with Crippen LogP contribution in [0.25, 0.3) is 0 Å². The molecule has 1 saturated carbocycles. The topological polar surface area (TPSA) is 178 Å². The molecule has 14 unspecified atom stereocenters. The number of hydrogen-bond donors (Lipinski definition) is 3. The van der Waals surface area contributed by atoms with Crippen LogP contribution in [-0.2, 0) is 42.9 Å². The number of aliphatic hydroxyl groups excluding tert-OH is 2. The first-order chi connectivity index (χ1) is 28.0. The van der Waals surface area contributed by atoms with Crippen molar-refractivity contribution in [3.63, 3.8) is 0 Å². The zero-order chi connectivity index (χ0) is 43.6. The molecule has 1 aliphatic carbocycles. The van der Waals surface area contributed by atoms with Gasteiger partial charge in [0.1, 0.15) is 24.0 Å². The van der Waals surface area contributed by atoms with Crippen LogP contribution in [0.1, 0.15) is 119 Å². The Kier molecular flexibility index (Phi) is 18.5. The number of carbonyl (C=O) groups excluding carboxylic acids is 4. The molecule has 0 spiro atoms. The van der Waals surface area contributed by atoms with Crippen molar-refractivity contribution in [2.75, 3.05) is 27.4 Å². The van der Waals surface area contributed by atoms with Gasteiger partial charge >= 0.3 is 5.97 Å². The third-order valence-electron chi connectivity index (χ3n) is 13.2. The summed E-state index contributed by atoms with van der Waals surface area (Å²) < 4.78 is 30.3. The van der Waals surface area contributed by atoms with Crippen LogP contribution in [0.15, 0.2) is 35.5 Å². The fraction of sp³-hybridized carbons (Fsp3) is 0.783. The van der Waals surface area contributed by atoms with Crippen molar-refractivity contribution < 1.29 is 58.2 Å². The van der Waals surface area contributed by atoms with E-state index in [0.717, 1.165) is 5.57 Å². The highest BCUT2D eigenvalue weighted by atomic mass is 16.7. The molecular weight excluding hydrogens is 759 g/mol. The van der Waals surface area contributed by atoms with Gasteiger partial charge in [-0.05, 0) is 102 Å². The second kappa shape index (κ2) is 22.4. The molecule has 4 aliphatic rings. The van der Waals surface area contributed by atoms with Gasteiger partial charge in [0, 0.05) is 44.9 Å². The molecule has 3 fully saturated rings. The normalized spacial score (nSPS) is 39.3. The lowest BCUT2D eigenvalue weighted by atomic mass is 9.81. The van der Waals surface area contributed by atoms with Gasteiger partial charge in [-0.25, -0.2) is 4.79 Å². The number of cyclic esters (lactones) is 1. The Morgan fingerprint density at radius 2 is 1.64 bits per heavy atom. The van der Waals surface area contributed by atoms with Gasteiger partial charge < -0.3 is 43.9 Å². The monoisotopic (exact) mass is 832 g/mol. The summed E-state index contributed by atoms with van der Waals surface area (Å²) in [7, 11) is 3.07. The molecule has 0 radical (unpaired) electrons. The second-order valence-corrected chi connectivity index (χ2v) is 17.8. The van der Waals surface area contributed by atoms with Gasteiger partial charge in [0.2, 0.25) is 5.79 Å². The fourth-order valence-electron chi connectivity index (χ4n) is 9.59. The number of carbonyl (C=O) groups is 4. The number of ketones is 2. The summed E-state index contributed by atoms with van der Waals surface area (Å²) in [6, 6.07) is -1.14. The summed E-state index contributed by atoms with van der Waals surface area (Å²) in [5.74, 6) is -7.55. The van der Waals surface area contributed by atoms with Crippen molar-refractivity contribution in [2.24, 2.45) is 29.6 Å². The number of fused-ring (bicyclic) bond motifs is 3. The number of amides is 1. The van der Waals surface area contributed by atoms with Gasteiger partial charge in [0.15, 0.2) is 0 Å². The Labute approximate surface area is 351 Å². The molecule has 2 bridgehead atoms. The van der Waals surface area contributed by atoms with Gasteiger partial charge in [-0.15, -0.1) is 0 Å². The molecule has 0 aromatic carbocycles. The molecule has 334 valence electrons. The van der Waals surface area contributed by atoms with E-state index in [0.29, 0.717) is 63.5 Å². The zero-order valence-corrected chi connectivity index (χ0v) is 37.0. The maximum atomic E-state index is 14.4. The molecule has 0 aromatic rings. The van der Waals surface area contributed by atoms with E-state index in [2.05, 4.69) is 6.92 Å². The highest BCUT2D eigenvalue weighted by Crippen LogP contribution is 2.39. The quantitative estimate of drug-likeness (QED) is 0.161. The van der Waals surface area contributed by atoms with Crippen LogP contribution in [0.4, 0.5) is 0 Å². The van der Waals surface area contributed by atoms with E-state index in [1.54, 1.807) is 13.8 Å². The number of methoxy groups -OCH3 is 2. The maximum absolute atomic E-state index is 14.4. The van der Waals surface area contributed by atoms with Gasteiger partial charge in [0.25, 0.3) is 11.7 Å². The third-order valence-corrected chi connectivity index (χ3v) is 13.2. The van der Waals surface area contributed by atoms with E-state index >= 15 is 0 Å². The first-order valence-corrected chi connectivity index (χ1v) is 22.0. The number of ether oxygens (including phenoxy) is 5.